The molecule has 2 amide bonds. The fourth-order valence-electron chi connectivity index (χ4n) is 4.40. The summed E-state index contributed by atoms with van der Waals surface area (Å²) in [6.07, 6.45) is 4.06. The van der Waals surface area contributed by atoms with E-state index in [1.807, 2.05) is 0 Å². The molecule has 4 atom stereocenters. The van der Waals surface area contributed by atoms with E-state index in [4.69, 9.17) is 0 Å². The lowest BCUT2D eigenvalue weighted by atomic mass is 10.0. The number of urea groups is 1. The van der Waals surface area contributed by atoms with Crippen LogP contribution in [0.3, 0.4) is 0 Å². The average molecular weight is 260 g/mol. The normalized spacial score (nSPS) is 37.8. The van der Waals surface area contributed by atoms with Crippen LogP contribution in [0.5, 0.6) is 0 Å². The summed E-state index contributed by atoms with van der Waals surface area (Å²) in [5, 5.41) is 5.76. The molecule has 0 heterocycles. The number of halogens is 1. The van der Waals surface area contributed by atoms with Crippen LogP contribution in [0, 0.1) is 29.5 Å². The van der Waals surface area contributed by atoms with E-state index in [0.717, 1.165) is 23.7 Å². The van der Waals surface area contributed by atoms with Gasteiger partial charge >= 0.3 is 6.03 Å². The summed E-state index contributed by atoms with van der Waals surface area (Å²) >= 11 is 0. The number of fused-ring (bicyclic) bond motifs is 5. The molecule has 3 nitrogen and oxygen atoms in total. The fraction of sp³-hybridized carbons (Fsp3) is 0.533. The standard InChI is InChI=1S/C15H17FN2O/c16-10-2-1-3-11(7-10)17-15(19)18-14-12-8-4-5-9(6-8)13(12)14/h1-3,7-9,12-14H,4-6H2,(H2,17,18,19)/t8-,9-,12-,13-/m0/s1. The highest BCUT2D eigenvalue weighted by molar-refractivity contribution is 5.89. The summed E-state index contributed by atoms with van der Waals surface area (Å²) in [7, 11) is 0. The molecule has 0 aromatic heterocycles. The van der Waals surface area contributed by atoms with Gasteiger partial charge in [0.15, 0.2) is 0 Å². The van der Waals surface area contributed by atoms with Crippen LogP contribution < -0.4 is 10.6 Å². The van der Waals surface area contributed by atoms with Gasteiger partial charge in [-0.1, -0.05) is 6.07 Å². The summed E-state index contributed by atoms with van der Waals surface area (Å²) in [5.74, 6) is 2.79. The lowest BCUT2D eigenvalue weighted by Crippen LogP contribution is -2.33. The predicted molar refractivity (Wildman–Crippen MR) is 70.2 cm³/mol. The van der Waals surface area contributed by atoms with Gasteiger partial charge in [0.2, 0.25) is 0 Å². The summed E-state index contributed by atoms with van der Waals surface area (Å²) in [6.45, 7) is 0. The minimum absolute atomic E-state index is 0.204. The van der Waals surface area contributed by atoms with Gasteiger partial charge in [0.05, 0.1) is 0 Å². The average Bonchev–Trinajstić information content (AvgIpc) is 2.78. The van der Waals surface area contributed by atoms with Crippen LogP contribution >= 0.6 is 0 Å². The van der Waals surface area contributed by atoms with Gasteiger partial charge in [-0.2, -0.15) is 0 Å². The molecule has 19 heavy (non-hydrogen) atoms. The number of hydrogen-bond donors (Lipinski definition) is 2. The molecule has 3 fully saturated rings. The monoisotopic (exact) mass is 260 g/mol. The lowest BCUT2D eigenvalue weighted by Gasteiger charge is -2.11. The molecule has 4 rings (SSSR count). The molecule has 4 heteroatoms. The molecule has 0 radical (unpaired) electrons. The van der Waals surface area contributed by atoms with E-state index in [2.05, 4.69) is 10.6 Å². The highest BCUT2D eigenvalue weighted by atomic mass is 19.1. The SMILES string of the molecule is O=C(Nc1cccc(F)c1)NC1[C@H]2[C@H]3CC[C@@H](C3)[C@H]12. The molecule has 0 saturated heterocycles. The fourth-order valence-corrected chi connectivity index (χ4v) is 4.40. The minimum Gasteiger partial charge on any atom is -0.335 e. The first-order valence-corrected chi connectivity index (χ1v) is 7.05. The van der Waals surface area contributed by atoms with Crippen molar-refractivity contribution in [2.75, 3.05) is 5.32 Å². The number of hydrogen-bond acceptors (Lipinski definition) is 1. The molecule has 3 aliphatic carbocycles. The first-order valence-electron chi connectivity index (χ1n) is 7.05. The molecule has 100 valence electrons. The molecular weight excluding hydrogens is 243 g/mol. The molecule has 0 aliphatic heterocycles. The van der Waals surface area contributed by atoms with Crippen molar-refractivity contribution in [3.05, 3.63) is 30.1 Å². The van der Waals surface area contributed by atoms with Gasteiger partial charge in [0.25, 0.3) is 0 Å². The van der Waals surface area contributed by atoms with Crippen LogP contribution in [0.1, 0.15) is 19.3 Å². The van der Waals surface area contributed by atoms with E-state index < -0.39 is 0 Å². The third-order valence-corrected chi connectivity index (χ3v) is 5.12. The molecule has 2 bridgehead atoms. The summed E-state index contributed by atoms with van der Waals surface area (Å²) in [5.41, 5.74) is 0.506. The van der Waals surface area contributed by atoms with Crippen molar-refractivity contribution in [1.29, 1.82) is 0 Å². The van der Waals surface area contributed by atoms with Gasteiger partial charge in [-0.3, -0.25) is 0 Å². The van der Waals surface area contributed by atoms with Crippen molar-refractivity contribution >= 4 is 11.7 Å². The molecule has 1 aromatic rings. The highest BCUT2D eigenvalue weighted by Gasteiger charge is 2.65. The first kappa shape index (κ1) is 11.3. The second-order valence-electron chi connectivity index (χ2n) is 6.12. The predicted octanol–water partition coefficient (Wildman–Crippen LogP) is 2.99. The molecule has 0 unspecified atom stereocenters. The Morgan fingerprint density at radius 3 is 2.63 bits per heavy atom. The highest BCUT2D eigenvalue weighted by Crippen LogP contribution is 2.65. The molecule has 3 saturated carbocycles. The maximum Gasteiger partial charge on any atom is 0.319 e. The second-order valence-corrected chi connectivity index (χ2v) is 6.12. The Labute approximate surface area is 111 Å². The number of carbonyl (C=O) groups excluding carboxylic acids is 1. The zero-order valence-electron chi connectivity index (χ0n) is 10.6. The Bertz CT molecular complexity index is 517. The van der Waals surface area contributed by atoms with Crippen molar-refractivity contribution in [3.63, 3.8) is 0 Å². The van der Waals surface area contributed by atoms with Crippen molar-refractivity contribution in [3.8, 4) is 0 Å². The van der Waals surface area contributed by atoms with Crippen LogP contribution in [0.15, 0.2) is 24.3 Å². The maximum absolute atomic E-state index is 13.0. The zero-order valence-corrected chi connectivity index (χ0v) is 10.6. The Kier molecular flexibility index (Phi) is 2.34. The smallest absolute Gasteiger partial charge is 0.319 e. The quantitative estimate of drug-likeness (QED) is 0.843. The molecule has 1 aromatic carbocycles. The summed E-state index contributed by atoms with van der Waals surface area (Å²) in [4.78, 5) is 11.9. The van der Waals surface area contributed by atoms with Crippen molar-refractivity contribution < 1.29 is 9.18 Å². The summed E-state index contributed by atoms with van der Waals surface area (Å²) in [6, 6.07) is 6.14. The number of amides is 2. The Morgan fingerprint density at radius 1 is 1.21 bits per heavy atom. The van der Waals surface area contributed by atoms with E-state index in [0.29, 0.717) is 11.7 Å². The molecular formula is C15H17FN2O. The van der Waals surface area contributed by atoms with E-state index >= 15 is 0 Å². The van der Waals surface area contributed by atoms with Gasteiger partial charge in [-0.25, -0.2) is 9.18 Å². The molecule has 2 N–H and O–H groups in total. The zero-order chi connectivity index (χ0) is 13.0. The van der Waals surface area contributed by atoms with Gasteiger partial charge in [-0.05, 0) is 61.1 Å². The van der Waals surface area contributed by atoms with Crippen molar-refractivity contribution in [2.45, 2.75) is 25.3 Å². The van der Waals surface area contributed by atoms with Gasteiger partial charge < -0.3 is 10.6 Å². The van der Waals surface area contributed by atoms with Crippen molar-refractivity contribution in [2.24, 2.45) is 23.7 Å². The number of carbonyl (C=O) groups is 1. The van der Waals surface area contributed by atoms with Crippen LogP contribution in [-0.4, -0.2) is 12.1 Å². The number of anilines is 1. The van der Waals surface area contributed by atoms with Crippen molar-refractivity contribution in [1.82, 2.24) is 5.32 Å². The van der Waals surface area contributed by atoms with E-state index in [9.17, 15) is 9.18 Å². The Balaban J connectivity index is 1.36. The van der Waals surface area contributed by atoms with Crippen LogP contribution in [0.4, 0.5) is 14.9 Å². The van der Waals surface area contributed by atoms with Gasteiger partial charge in [0.1, 0.15) is 5.82 Å². The molecule has 0 spiro atoms. The second kappa shape index (κ2) is 3.95. The largest absolute Gasteiger partial charge is 0.335 e. The van der Waals surface area contributed by atoms with Gasteiger partial charge in [-0.15, -0.1) is 0 Å². The van der Waals surface area contributed by atoms with E-state index in [-0.39, 0.29) is 11.8 Å². The third kappa shape index (κ3) is 1.81. The lowest BCUT2D eigenvalue weighted by molar-refractivity contribution is 0.249. The van der Waals surface area contributed by atoms with Gasteiger partial charge in [0, 0.05) is 11.7 Å². The number of nitrogens with one attached hydrogen (secondary N) is 2. The Morgan fingerprint density at radius 2 is 1.95 bits per heavy atom. The van der Waals surface area contributed by atoms with Crippen LogP contribution in [0.25, 0.3) is 0 Å². The third-order valence-electron chi connectivity index (χ3n) is 5.12. The van der Waals surface area contributed by atoms with E-state index in [1.165, 1.54) is 31.4 Å². The van der Waals surface area contributed by atoms with E-state index in [1.54, 1.807) is 12.1 Å². The van der Waals surface area contributed by atoms with Crippen LogP contribution in [0.2, 0.25) is 0 Å². The van der Waals surface area contributed by atoms with Crippen LogP contribution in [-0.2, 0) is 0 Å². The number of benzene rings is 1. The Hall–Kier alpha value is -1.58. The minimum atomic E-state index is -0.334. The summed E-state index contributed by atoms with van der Waals surface area (Å²) < 4.78 is 13.0. The first-order chi connectivity index (χ1) is 9.22. The number of rotatable bonds is 2. The molecule has 3 aliphatic rings. The maximum atomic E-state index is 13.0. The topological polar surface area (TPSA) is 41.1 Å².